The zero-order valence-corrected chi connectivity index (χ0v) is 11.2. The number of alkyl halides is 3. The Bertz CT molecular complexity index is 330. The fraction of sp³-hybridized carbons (Fsp3) is 0.818. The molecule has 1 aliphatic rings. The first kappa shape index (κ1) is 16.0. The van der Waals surface area contributed by atoms with Crippen molar-refractivity contribution in [1.29, 1.82) is 0 Å². The van der Waals surface area contributed by atoms with Crippen LogP contribution in [0.1, 0.15) is 32.1 Å². The minimum atomic E-state index is -4.43. The molecule has 0 heterocycles. The first-order valence-electron chi connectivity index (χ1n) is 6.20. The summed E-state index contributed by atoms with van der Waals surface area (Å²) >= 11 is 4.89. The van der Waals surface area contributed by atoms with Gasteiger partial charge in [-0.05, 0) is 18.8 Å². The Hall–Kier alpha value is -1.05. The van der Waals surface area contributed by atoms with Crippen LogP contribution in [-0.4, -0.2) is 29.8 Å². The highest BCUT2D eigenvalue weighted by Gasteiger charge is 2.30. The molecule has 4 N–H and O–H groups in total. The van der Waals surface area contributed by atoms with Gasteiger partial charge in [-0.15, -0.1) is 0 Å². The standard InChI is InChI=1S/C11H18F3N3OS/c12-11(13,14)6-16-10(18)17-8(9(15)19)7-4-2-1-3-5-7/h7-8H,1-6H2,(H2,15,19)(H2,16,17,18). The summed E-state index contributed by atoms with van der Waals surface area (Å²) in [5, 5.41) is 4.20. The van der Waals surface area contributed by atoms with Gasteiger partial charge in [0.05, 0.1) is 11.0 Å². The first-order chi connectivity index (χ1) is 8.79. The number of urea groups is 1. The molecule has 1 unspecified atom stereocenters. The highest BCUT2D eigenvalue weighted by molar-refractivity contribution is 7.80. The summed E-state index contributed by atoms with van der Waals surface area (Å²) in [7, 11) is 0. The van der Waals surface area contributed by atoms with Crippen LogP contribution in [0.5, 0.6) is 0 Å². The molecule has 0 aliphatic heterocycles. The normalized spacial score (nSPS) is 18.7. The molecule has 0 aromatic carbocycles. The lowest BCUT2D eigenvalue weighted by Crippen LogP contribution is -2.53. The molecule has 1 rings (SSSR count). The summed E-state index contributed by atoms with van der Waals surface area (Å²) in [5.74, 6) is 0.114. The van der Waals surface area contributed by atoms with Crippen molar-refractivity contribution in [3.05, 3.63) is 0 Å². The molecule has 0 aromatic rings. The van der Waals surface area contributed by atoms with Gasteiger partial charge in [0.25, 0.3) is 0 Å². The molecule has 0 aromatic heterocycles. The van der Waals surface area contributed by atoms with Gasteiger partial charge >= 0.3 is 12.2 Å². The molecule has 1 fully saturated rings. The number of hydrogen-bond donors (Lipinski definition) is 3. The molecule has 1 aliphatic carbocycles. The zero-order valence-electron chi connectivity index (χ0n) is 10.4. The second-order valence-electron chi connectivity index (χ2n) is 4.72. The predicted molar refractivity (Wildman–Crippen MR) is 69.7 cm³/mol. The summed E-state index contributed by atoms with van der Waals surface area (Å²) in [4.78, 5) is 11.5. The predicted octanol–water partition coefficient (Wildman–Crippen LogP) is 2.08. The third kappa shape index (κ3) is 6.09. The molecule has 110 valence electrons. The molecular weight excluding hydrogens is 279 g/mol. The van der Waals surface area contributed by atoms with Gasteiger partial charge in [-0.2, -0.15) is 13.2 Å². The van der Waals surface area contributed by atoms with Gasteiger partial charge in [-0.3, -0.25) is 0 Å². The lowest BCUT2D eigenvalue weighted by molar-refractivity contribution is -0.122. The van der Waals surface area contributed by atoms with Crippen LogP contribution in [-0.2, 0) is 0 Å². The minimum absolute atomic E-state index is 0.114. The van der Waals surface area contributed by atoms with Gasteiger partial charge < -0.3 is 16.4 Å². The molecule has 1 saturated carbocycles. The number of hydrogen-bond acceptors (Lipinski definition) is 2. The van der Waals surface area contributed by atoms with Gasteiger partial charge in [0.15, 0.2) is 0 Å². The van der Waals surface area contributed by atoms with E-state index in [9.17, 15) is 18.0 Å². The highest BCUT2D eigenvalue weighted by Crippen LogP contribution is 2.26. The molecule has 1 atom stereocenters. The average molecular weight is 297 g/mol. The molecule has 0 saturated heterocycles. The Morgan fingerprint density at radius 2 is 1.89 bits per heavy atom. The van der Waals surface area contributed by atoms with Crippen LogP contribution < -0.4 is 16.4 Å². The number of amides is 2. The van der Waals surface area contributed by atoms with Crippen molar-refractivity contribution < 1.29 is 18.0 Å². The fourth-order valence-corrected chi connectivity index (χ4v) is 2.51. The molecule has 0 bridgehead atoms. The van der Waals surface area contributed by atoms with Crippen LogP contribution in [0.3, 0.4) is 0 Å². The van der Waals surface area contributed by atoms with Crippen LogP contribution in [0.2, 0.25) is 0 Å². The Kier molecular flexibility index (Phi) is 5.84. The quantitative estimate of drug-likeness (QED) is 0.696. The van der Waals surface area contributed by atoms with Crippen molar-refractivity contribution in [2.45, 2.75) is 44.3 Å². The van der Waals surface area contributed by atoms with Gasteiger partial charge in [0.2, 0.25) is 0 Å². The van der Waals surface area contributed by atoms with Crippen LogP contribution in [0.25, 0.3) is 0 Å². The highest BCUT2D eigenvalue weighted by atomic mass is 32.1. The summed E-state index contributed by atoms with van der Waals surface area (Å²) in [5.41, 5.74) is 5.56. The Morgan fingerprint density at radius 3 is 2.37 bits per heavy atom. The molecule has 2 amide bonds. The molecule has 4 nitrogen and oxygen atoms in total. The summed E-state index contributed by atoms with van der Waals surface area (Å²) in [6, 6.07) is -1.43. The first-order valence-corrected chi connectivity index (χ1v) is 6.61. The number of carbonyl (C=O) groups excluding carboxylic acids is 1. The van der Waals surface area contributed by atoms with Crippen LogP contribution in [0.15, 0.2) is 0 Å². The number of rotatable bonds is 4. The third-order valence-electron chi connectivity index (χ3n) is 3.16. The van der Waals surface area contributed by atoms with Gasteiger partial charge in [0.1, 0.15) is 6.54 Å². The Morgan fingerprint density at radius 1 is 1.32 bits per heavy atom. The van der Waals surface area contributed by atoms with Gasteiger partial charge in [-0.1, -0.05) is 31.5 Å². The SMILES string of the molecule is NC(=S)C(NC(=O)NCC(F)(F)F)C1CCCCC1. The summed E-state index contributed by atoms with van der Waals surface area (Å²) in [6.07, 6.45) is 0.496. The van der Waals surface area contributed by atoms with Crippen molar-refractivity contribution in [3.63, 3.8) is 0 Å². The van der Waals surface area contributed by atoms with E-state index in [1.165, 1.54) is 0 Å². The molecule has 0 radical (unpaired) electrons. The largest absolute Gasteiger partial charge is 0.405 e. The van der Waals surface area contributed by atoms with Crippen LogP contribution >= 0.6 is 12.2 Å². The average Bonchev–Trinajstić information content (AvgIpc) is 2.33. The number of nitrogens with one attached hydrogen (secondary N) is 2. The second kappa shape index (κ2) is 6.93. The summed E-state index contributed by atoms with van der Waals surface area (Å²) in [6.45, 7) is -1.37. The van der Waals surface area contributed by atoms with E-state index in [0.717, 1.165) is 32.1 Å². The maximum atomic E-state index is 12.0. The van der Waals surface area contributed by atoms with E-state index in [1.807, 2.05) is 0 Å². The fourth-order valence-electron chi connectivity index (χ4n) is 2.26. The Balaban J connectivity index is 2.48. The van der Waals surface area contributed by atoms with Crippen molar-refractivity contribution in [3.8, 4) is 0 Å². The van der Waals surface area contributed by atoms with E-state index in [-0.39, 0.29) is 10.9 Å². The number of halogens is 3. The van der Waals surface area contributed by atoms with Crippen molar-refractivity contribution in [1.82, 2.24) is 10.6 Å². The van der Waals surface area contributed by atoms with Crippen molar-refractivity contribution in [2.24, 2.45) is 11.7 Å². The monoisotopic (exact) mass is 297 g/mol. The summed E-state index contributed by atoms with van der Waals surface area (Å²) < 4.78 is 35.9. The lowest BCUT2D eigenvalue weighted by atomic mass is 9.84. The van der Waals surface area contributed by atoms with Gasteiger partial charge in [-0.25, -0.2) is 4.79 Å². The maximum absolute atomic E-state index is 12.0. The lowest BCUT2D eigenvalue weighted by Gasteiger charge is -2.30. The zero-order chi connectivity index (χ0) is 14.5. The van der Waals surface area contributed by atoms with E-state index >= 15 is 0 Å². The second-order valence-corrected chi connectivity index (χ2v) is 5.19. The van der Waals surface area contributed by atoms with Gasteiger partial charge in [0, 0.05) is 0 Å². The number of thiocarbonyl (C=S) groups is 1. The van der Waals surface area contributed by atoms with E-state index in [0.29, 0.717) is 0 Å². The van der Waals surface area contributed by atoms with Crippen LogP contribution in [0, 0.1) is 5.92 Å². The minimum Gasteiger partial charge on any atom is -0.392 e. The topological polar surface area (TPSA) is 67.1 Å². The Labute approximate surface area is 115 Å². The molecule has 0 spiro atoms. The molecular formula is C11H18F3N3OS. The van der Waals surface area contributed by atoms with E-state index in [2.05, 4.69) is 5.32 Å². The smallest absolute Gasteiger partial charge is 0.392 e. The molecule has 8 heteroatoms. The van der Waals surface area contributed by atoms with E-state index < -0.39 is 24.8 Å². The van der Waals surface area contributed by atoms with Crippen molar-refractivity contribution >= 4 is 23.2 Å². The maximum Gasteiger partial charge on any atom is 0.405 e. The number of carbonyl (C=O) groups is 1. The third-order valence-corrected chi connectivity index (χ3v) is 3.42. The van der Waals surface area contributed by atoms with Crippen molar-refractivity contribution in [2.75, 3.05) is 6.54 Å². The van der Waals surface area contributed by atoms with E-state index in [1.54, 1.807) is 5.32 Å². The number of nitrogens with two attached hydrogens (primary N) is 1. The molecule has 19 heavy (non-hydrogen) atoms. The van der Waals surface area contributed by atoms with Crippen LogP contribution in [0.4, 0.5) is 18.0 Å². The van der Waals surface area contributed by atoms with E-state index in [4.69, 9.17) is 18.0 Å².